The molecule has 6 nitrogen and oxygen atoms in total. The molecule has 31 heavy (non-hydrogen) atoms. The summed E-state index contributed by atoms with van der Waals surface area (Å²) in [5.74, 6) is 0.0443. The Morgan fingerprint density at radius 2 is 1.81 bits per heavy atom. The van der Waals surface area contributed by atoms with E-state index in [0.717, 1.165) is 27.9 Å². The Labute approximate surface area is 182 Å². The number of carbonyl (C=O) groups excluding carboxylic acids is 1. The first-order chi connectivity index (χ1) is 15.0. The van der Waals surface area contributed by atoms with Crippen molar-refractivity contribution in [2.75, 3.05) is 4.90 Å². The summed E-state index contributed by atoms with van der Waals surface area (Å²) < 4.78 is 13.7. The van der Waals surface area contributed by atoms with E-state index in [-0.39, 0.29) is 10.9 Å². The number of benzene rings is 2. The van der Waals surface area contributed by atoms with Crippen LogP contribution in [-0.4, -0.2) is 25.8 Å². The standard InChI is InChI=1S/C23H17ClFN5O/c1-23(8-14-9-26-12-27-10-14)17-6-15(16-2-4-19(25)18(24)7-16)3-5-20(17)30(22(23)31)21-11-28-13-29-21/h2-7,9-13H,8H2,1H3,(H,28,29). The lowest BCUT2D eigenvalue weighted by Crippen LogP contribution is -2.37. The van der Waals surface area contributed by atoms with Crippen LogP contribution in [0.15, 0.2) is 67.6 Å². The second-order valence-corrected chi connectivity index (χ2v) is 8.10. The molecule has 2 aromatic heterocycles. The first kappa shape index (κ1) is 19.4. The summed E-state index contributed by atoms with van der Waals surface area (Å²) in [6.45, 7) is 1.92. The lowest BCUT2D eigenvalue weighted by atomic mass is 9.78. The summed E-state index contributed by atoms with van der Waals surface area (Å²) in [6, 6.07) is 10.4. The van der Waals surface area contributed by atoms with E-state index >= 15 is 0 Å². The molecule has 1 aliphatic rings. The maximum absolute atomic E-state index is 13.7. The molecule has 0 bridgehead atoms. The van der Waals surface area contributed by atoms with E-state index in [1.165, 1.54) is 18.7 Å². The molecule has 0 saturated carbocycles. The molecule has 2 aromatic carbocycles. The van der Waals surface area contributed by atoms with Gasteiger partial charge in [-0.25, -0.2) is 19.3 Å². The van der Waals surface area contributed by atoms with Crippen LogP contribution in [0.2, 0.25) is 5.02 Å². The van der Waals surface area contributed by atoms with Crippen LogP contribution in [0.3, 0.4) is 0 Å². The van der Waals surface area contributed by atoms with Gasteiger partial charge in [-0.3, -0.25) is 9.69 Å². The van der Waals surface area contributed by atoms with E-state index in [9.17, 15) is 9.18 Å². The molecule has 0 radical (unpaired) electrons. The molecule has 1 N–H and O–H groups in total. The number of aromatic nitrogens is 4. The Morgan fingerprint density at radius 1 is 1.06 bits per heavy atom. The summed E-state index contributed by atoms with van der Waals surface area (Å²) in [7, 11) is 0. The normalized spacial score (nSPS) is 17.8. The fourth-order valence-electron chi connectivity index (χ4n) is 4.11. The van der Waals surface area contributed by atoms with Gasteiger partial charge < -0.3 is 4.98 Å². The molecule has 0 saturated heterocycles. The van der Waals surface area contributed by atoms with E-state index in [0.29, 0.717) is 12.2 Å². The van der Waals surface area contributed by atoms with E-state index < -0.39 is 11.2 Å². The van der Waals surface area contributed by atoms with Gasteiger partial charge in [0.1, 0.15) is 18.0 Å². The number of nitrogens with zero attached hydrogens (tertiary/aromatic N) is 4. The number of hydrogen-bond donors (Lipinski definition) is 1. The van der Waals surface area contributed by atoms with Crippen molar-refractivity contribution in [2.24, 2.45) is 0 Å². The van der Waals surface area contributed by atoms with Gasteiger partial charge in [-0.2, -0.15) is 0 Å². The fraction of sp³-hybridized carbons (Fsp3) is 0.130. The van der Waals surface area contributed by atoms with E-state index in [2.05, 4.69) is 19.9 Å². The molecule has 3 heterocycles. The predicted octanol–water partition coefficient (Wildman–Crippen LogP) is 4.84. The van der Waals surface area contributed by atoms with E-state index in [4.69, 9.17) is 11.6 Å². The number of H-pyrrole nitrogens is 1. The average molecular weight is 434 g/mol. The molecule has 0 aliphatic carbocycles. The highest BCUT2D eigenvalue weighted by Crippen LogP contribution is 2.48. The second kappa shape index (κ2) is 7.28. The number of anilines is 2. The zero-order valence-electron chi connectivity index (χ0n) is 16.5. The number of imidazole rings is 1. The second-order valence-electron chi connectivity index (χ2n) is 7.69. The molecule has 154 valence electrons. The molecular weight excluding hydrogens is 417 g/mol. The summed E-state index contributed by atoms with van der Waals surface area (Å²) in [5, 5.41) is 0.0531. The Balaban J connectivity index is 1.67. The van der Waals surface area contributed by atoms with Crippen LogP contribution in [0.5, 0.6) is 0 Å². The van der Waals surface area contributed by atoms with Gasteiger partial charge in [-0.15, -0.1) is 0 Å². The smallest absolute Gasteiger partial charge is 0.243 e. The van der Waals surface area contributed by atoms with Gasteiger partial charge in [0, 0.05) is 12.4 Å². The number of rotatable bonds is 4. The van der Waals surface area contributed by atoms with Crippen LogP contribution in [-0.2, 0) is 16.6 Å². The minimum absolute atomic E-state index is 0.0531. The van der Waals surface area contributed by atoms with Crippen molar-refractivity contribution in [3.05, 3.63) is 89.6 Å². The van der Waals surface area contributed by atoms with Crippen LogP contribution in [0.4, 0.5) is 15.9 Å². The van der Waals surface area contributed by atoms with Crippen molar-refractivity contribution in [1.82, 2.24) is 19.9 Å². The Morgan fingerprint density at radius 3 is 2.52 bits per heavy atom. The SMILES string of the molecule is CC1(Cc2cncnc2)C(=O)N(c2cnc[nH]2)c2ccc(-c3ccc(F)c(Cl)c3)cc21. The summed E-state index contributed by atoms with van der Waals surface area (Å²) in [6.07, 6.45) is 8.48. The average Bonchev–Trinajstić information content (AvgIpc) is 3.37. The number of hydrogen-bond acceptors (Lipinski definition) is 4. The number of fused-ring (bicyclic) bond motifs is 1. The van der Waals surface area contributed by atoms with Crippen molar-refractivity contribution >= 4 is 29.0 Å². The molecule has 0 fully saturated rings. The van der Waals surface area contributed by atoms with Gasteiger partial charge in [0.15, 0.2) is 0 Å². The third-order valence-electron chi connectivity index (χ3n) is 5.66. The highest BCUT2D eigenvalue weighted by atomic mass is 35.5. The van der Waals surface area contributed by atoms with Crippen LogP contribution in [0, 0.1) is 5.82 Å². The number of aromatic amines is 1. The molecule has 1 atom stereocenters. The minimum Gasteiger partial charge on any atom is -0.331 e. The van der Waals surface area contributed by atoms with Gasteiger partial charge >= 0.3 is 0 Å². The van der Waals surface area contributed by atoms with Crippen LogP contribution in [0.1, 0.15) is 18.1 Å². The summed E-state index contributed by atoms with van der Waals surface area (Å²) in [5.41, 5.74) is 3.23. The number of halogens is 2. The molecule has 8 heteroatoms. The zero-order chi connectivity index (χ0) is 21.6. The lowest BCUT2D eigenvalue weighted by molar-refractivity contribution is -0.122. The number of nitrogens with one attached hydrogen (secondary N) is 1. The quantitative estimate of drug-likeness (QED) is 0.499. The molecule has 1 amide bonds. The van der Waals surface area contributed by atoms with E-state index in [1.807, 2.05) is 25.1 Å². The van der Waals surface area contributed by atoms with Crippen LogP contribution < -0.4 is 4.90 Å². The molecule has 5 rings (SSSR count). The van der Waals surface area contributed by atoms with Crippen molar-refractivity contribution < 1.29 is 9.18 Å². The monoisotopic (exact) mass is 433 g/mol. The molecule has 4 aromatic rings. The number of amides is 1. The first-order valence-electron chi connectivity index (χ1n) is 9.64. The maximum Gasteiger partial charge on any atom is 0.243 e. The lowest BCUT2D eigenvalue weighted by Gasteiger charge is -2.24. The summed E-state index contributed by atoms with van der Waals surface area (Å²) >= 11 is 6.00. The third-order valence-corrected chi connectivity index (χ3v) is 5.95. The van der Waals surface area contributed by atoms with Gasteiger partial charge in [0.25, 0.3) is 0 Å². The highest BCUT2D eigenvalue weighted by Gasteiger charge is 2.48. The van der Waals surface area contributed by atoms with Crippen molar-refractivity contribution in [2.45, 2.75) is 18.8 Å². The van der Waals surface area contributed by atoms with Gasteiger partial charge in [-0.05, 0) is 59.9 Å². The van der Waals surface area contributed by atoms with Crippen LogP contribution in [0.25, 0.3) is 11.1 Å². The van der Waals surface area contributed by atoms with Crippen molar-refractivity contribution in [1.29, 1.82) is 0 Å². The van der Waals surface area contributed by atoms with Gasteiger partial charge in [0.05, 0.1) is 28.6 Å². The maximum atomic E-state index is 13.7. The minimum atomic E-state index is -0.856. The van der Waals surface area contributed by atoms with Gasteiger partial charge in [0.2, 0.25) is 5.91 Å². The zero-order valence-corrected chi connectivity index (χ0v) is 17.3. The largest absolute Gasteiger partial charge is 0.331 e. The van der Waals surface area contributed by atoms with Gasteiger partial charge in [-0.1, -0.05) is 23.7 Å². The Bertz CT molecular complexity index is 1280. The number of carbonyl (C=O) groups is 1. The highest BCUT2D eigenvalue weighted by molar-refractivity contribution is 6.31. The van der Waals surface area contributed by atoms with Crippen molar-refractivity contribution in [3.63, 3.8) is 0 Å². The summed E-state index contributed by atoms with van der Waals surface area (Å²) in [4.78, 5) is 30.6. The van der Waals surface area contributed by atoms with E-state index in [1.54, 1.807) is 35.6 Å². The third kappa shape index (κ3) is 3.18. The van der Waals surface area contributed by atoms with Crippen LogP contribution >= 0.6 is 11.6 Å². The fourth-order valence-corrected chi connectivity index (χ4v) is 4.29. The molecule has 0 spiro atoms. The van der Waals surface area contributed by atoms with Crippen molar-refractivity contribution in [3.8, 4) is 11.1 Å². The topological polar surface area (TPSA) is 74.8 Å². The first-order valence-corrected chi connectivity index (χ1v) is 10.0. The molecular formula is C23H17ClFN5O. The molecule has 1 aliphatic heterocycles. The Hall–Kier alpha value is -3.58. The molecule has 1 unspecified atom stereocenters. The predicted molar refractivity (Wildman–Crippen MR) is 116 cm³/mol. The Kier molecular flexibility index (Phi) is 4.55.